The summed E-state index contributed by atoms with van der Waals surface area (Å²) >= 11 is 0. The maximum Gasteiger partial charge on any atom is 0.319 e. The van der Waals surface area contributed by atoms with E-state index in [0.29, 0.717) is 12.3 Å². The van der Waals surface area contributed by atoms with E-state index in [-0.39, 0.29) is 18.7 Å². The van der Waals surface area contributed by atoms with Crippen molar-refractivity contribution in [2.75, 3.05) is 18.5 Å². The summed E-state index contributed by atoms with van der Waals surface area (Å²) < 4.78 is 18.5. The molecule has 0 spiro atoms. The van der Waals surface area contributed by atoms with Crippen LogP contribution in [0.5, 0.6) is 5.75 Å². The van der Waals surface area contributed by atoms with Crippen molar-refractivity contribution in [3.8, 4) is 5.75 Å². The Bertz CT molecular complexity index is 479. The molecule has 0 bridgehead atoms. The first-order valence-corrected chi connectivity index (χ1v) is 6.22. The lowest BCUT2D eigenvalue weighted by molar-refractivity contribution is -0.136. The van der Waals surface area contributed by atoms with Crippen LogP contribution in [-0.4, -0.2) is 30.3 Å². The Balaban J connectivity index is 2.61. The van der Waals surface area contributed by atoms with Gasteiger partial charge in [0.15, 0.2) is 0 Å². The van der Waals surface area contributed by atoms with Gasteiger partial charge in [-0.15, -0.1) is 0 Å². The van der Waals surface area contributed by atoms with E-state index in [4.69, 9.17) is 9.84 Å². The van der Waals surface area contributed by atoms with Gasteiger partial charge in [-0.2, -0.15) is 0 Å². The summed E-state index contributed by atoms with van der Waals surface area (Å²) in [6.07, 6.45) is 0.580. The third-order valence-corrected chi connectivity index (χ3v) is 2.28. The van der Waals surface area contributed by atoms with E-state index in [2.05, 4.69) is 10.6 Å². The molecule has 0 unspecified atom stereocenters. The molecule has 0 aliphatic rings. The molecule has 0 saturated carbocycles. The summed E-state index contributed by atoms with van der Waals surface area (Å²) in [4.78, 5) is 21.9. The SMILES string of the molecule is CCCOc1cc(F)ccc1NC(=O)NCCC(=O)O. The standard InChI is InChI=1S/C13H17FN2O4/c1-2-7-20-11-8-9(14)3-4-10(11)16-13(19)15-6-5-12(17)18/h3-4,8H,2,5-7H2,1H3,(H,17,18)(H2,15,16,19). The third-order valence-electron chi connectivity index (χ3n) is 2.28. The van der Waals surface area contributed by atoms with Gasteiger partial charge in [0.25, 0.3) is 0 Å². The maximum absolute atomic E-state index is 13.1. The second kappa shape index (κ2) is 7.98. The number of nitrogens with one attached hydrogen (secondary N) is 2. The highest BCUT2D eigenvalue weighted by molar-refractivity contribution is 5.91. The molecule has 0 aliphatic carbocycles. The van der Waals surface area contributed by atoms with Crippen molar-refractivity contribution >= 4 is 17.7 Å². The largest absolute Gasteiger partial charge is 0.491 e. The van der Waals surface area contributed by atoms with Crippen molar-refractivity contribution in [2.45, 2.75) is 19.8 Å². The van der Waals surface area contributed by atoms with Gasteiger partial charge in [-0.3, -0.25) is 4.79 Å². The molecule has 20 heavy (non-hydrogen) atoms. The number of hydrogen-bond donors (Lipinski definition) is 3. The van der Waals surface area contributed by atoms with Gasteiger partial charge >= 0.3 is 12.0 Å². The first-order valence-electron chi connectivity index (χ1n) is 6.22. The molecule has 0 aliphatic heterocycles. The van der Waals surface area contributed by atoms with E-state index in [1.54, 1.807) is 0 Å². The quantitative estimate of drug-likeness (QED) is 0.716. The molecule has 0 aromatic heterocycles. The fourth-order valence-electron chi connectivity index (χ4n) is 1.38. The van der Waals surface area contributed by atoms with Crippen molar-refractivity contribution in [1.29, 1.82) is 0 Å². The second-order valence-corrected chi connectivity index (χ2v) is 4.01. The molecule has 110 valence electrons. The lowest BCUT2D eigenvalue weighted by Crippen LogP contribution is -2.30. The lowest BCUT2D eigenvalue weighted by atomic mass is 10.3. The molecule has 0 fully saturated rings. The zero-order valence-electron chi connectivity index (χ0n) is 11.1. The van der Waals surface area contributed by atoms with Crippen molar-refractivity contribution in [3.05, 3.63) is 24.0 Å². The Labute approximate surface area is 115 Å². The number of rotatable bonds is 7. The predicted octanol–water partition coefficient (Wildman–Crippen LogP) is 2.21. The average Bonchev–Trinajstić information content (AvgIpc) is 2.38. The third kappa shape index (κ3) is 5.55. The van der Waals surface area contributed by atoms with Crippen LogP contribution < -0.4 is 15.4 Å². The molecule has 2 amide bonds. The van der Waals surface area contributed by atoms with Crippen LogP contribution in [0.4, 0.5) is 14.9 Å². The molecule has 0 atom stereocenters. The monoisotopic (exact) mass is 284 g/mol. The highest BCUT2D eigenvalue weighted by Gasteiger charge is 2.09. The Kier molecular flexibility index (Phi) is 6.28. The van der Waals surface area contributed by atoms with E-state index < -0.39 is 17.8 Å². The summed E-state index contributed by atoms with van der Waals surface area (Å²) in [6, 6.07) is 3.20. The second-order valence-electron chi connectivity index (χ2n) is 4.01. The zero-order chi connectivity index (χ0) is 15.0. The van der Waals surface area contributed by atoms with Crippen molar-refractivity contribution in [2.24, 2.45) is 0 Å². The van der Waals surface area contributed by atoms with Crippen LogP contribution in [0.15, 0.2) is 18.2 Å². The van der Waals surface area contributed by atoms with Crippen molar-refractivity contribution < 1.29 is 23.8 Å². The summed E-state index contributed by atoms with van der Waals surface area (Å²) in [6.45, 7) is 2.32. The maximum atomic E-state index is 13.1. The number of anilines is 1. The molecular weight excluding hydrogens is 267 g/mol. The number of aliphatic carboxylic acids is 1. The van der Waals surface area contributed by atoms with Crippen LogP contribution in [0.2, 0.25) is 0 Å². The number of benzene rings is 1. The number of carbonyl (C=O) groups is 2. The van der Waals surface area contributed by atoms with Crippen molar-refractivity contribution in [3.63, 3.8) is 0 Å². The van der Waals surface area contributed by atoms with Crippen molar-refractivity contribution in [1.82, 2.24) is 5.32 Å². The van der Waals surface area contributed by atoms with E-state index in [9.17, 15) is 14.0 Å². The number of hydrogen-bond acceptors (Lipinski definition) is 3. The zero-order valence-corrected chi connectivity index (χ0v) is 11.1. The van der Waals surface area contributed by atoms with Gasteiger partial charge in [0, 0.05) is 12.6 Å². The topological polar surface area (TPSA) is 87.7 Å². The van der Waals surface area contributed by atoms with Gasteiger partial charge in [-0.1, -0.05) is 6.92 Å². The summed E-state index contributed by atoms with van der Waals surface area (Å²) in [5.74, 6) is -1.23. The van der Waals surface area contributed by atoms with Gasteiger partial charge < -0.3 is 20.5 Å². The van der Waals surface area contributed by atoms with Gasteiger partial charge in [0.2, 0.25) is 0 Å². The molecule has 0 saturated heterocycles. The fourth-order valence-corrected chi connectivity index (χ4v) is 1.38. The van der Waals surface area contributed by atoms with Crippen LogP contribution in [0.3, 0.4) is 0 Å². The minimum Gasteiger partial charge on any atom is -0.491 e. The van der Waals surface area contributed by atoms with Crippen LogP contribution in [0, 0.1) is 5.82 Å². The fraction of sp³-hybridized carbons (Fsp3) is 0.385. The number of halogens is 1. The lowest BCUT2D eigenvalue weighted by Gasteiger charge is -2.12. The molecule has 3 N–H and O–H groups in total. The number of carboxylic acid groups (broad SMARTS) is 1. The van der Waals surface area contributed by atoms with Gasteiger partial charge in [-0.25, -0.2) is 9.18 Å². The van der Waals surface area contributed by atoms with Crippen LogP contribution in [0.1, 0.15) is 19.8 Å². The molecule has 1 rings (SSSR count). The van der Waals surface area contributed by atoms with Crippen LogP contribution >= 0.6 is 0 Å². The molecule has 1 aromatic rings. The molecular formula is C13H17FN2O4. The number of carboxylic acids is 1. The summed E-state index contributed by atoms with van der Waals surface area (Å²) in [5, 5.41) is 13.3. The molecule has 0 radical (unpaired) electrons. The molecule has 0 heterocycles. The van der Waals surface area contributed by atoms with Gasteiger partial charge in [0.05, 0.1) is 18.7 Å². The van der Waals surface area contributed by atoms with E-state index >= 15 is 0 Å². The first-order chi connectivity index (χ1) is 9.52. The summed E-state index contributed by atoms with van der Waals surface area (Å²) in [5.41, 5.74) is 0.327. The van der Waals surface area contributed by atoms with Crippen LogP contribution in [0.25, 0.3) is 0 Å². The molecule has 7 heteroatoms. The van der Waals surface area contributed by atoms with Gasteiger partial charge in [-0.05, 0) is 18.6 Å². The smallest absolute Gasteiger partial charge is 0.319 e. The number of ether oxygens (including phenoxy) is 1. The highest BCUT2D eigenvalue weighted by atomic mass is 19.1. The first kappa shape index (κ1) is 15.7. The number of carbonyl (C=O) groups excluding carboxylic acids is 1. The van der Waals surface area contributed by atoms with E-state index in [1.165, 1.54) is 18.2 Å². The van der Waals surface area contributed by atoms with E-state index in [0.717, 1.165) is 6.42 Å². The minimum absolute atomic E-state index is 0.00745. The number of urea groups is 1. The van der Waals surface area contributed by atoms with E-state index in [1.807, 2.05) is 6.92 Å². The predicted molar refractivity (Wildman–Crippen MR) is 71.5 cm³/mol. The molecule has 1 aromatic carbocycles. The Hall–Kier alpha value is -2.31. The van der Waals surface area contributed by atoms with Crippen LogP contribution in [-0.2, 0) is 4.79 Å². The Morgan fingerprint density at radius 1 is 1.40 bits per heavy atom. The summed E-state index contributed by atoms with van der Waals surface area (Å²) in [7, 11) is 0. The Morgan fingerprint density at radius 2 is 2.15 bits per heavy atom. The normalized spacial score (nSPS) is 9.90. The molecule has 6 nitrogen and oxygen atoms in total. The number of amides is 2. The Morgan fingerprint density at radius 3 is 2.80 bits per heavy atom. The van der Waals surface area contributed by atoms with Gasteiger partial charge in [0.1, 0.15) is 11.6 Å². The highest BCUT2D eigenvalue weighted by Crippen LogP contribution is 2.25. The average molecular weight is 284 g/mol. The minimum atomic E-state index is -1.00.